The van der Waals surface area contributed by atoms with Crippen molar-refractivity contribution >= 4 is 22.4 Å². The fourth-order valence-corrected chi connectivity index (χ4v) is 3.14. The molecule has 0 bridgehead atoms. The monoisotopic (exact) mass is 339 g/mol. The molecule has 0 atom stereocenters. The van der Waals surface area contributed by atoms with E-state index < -0.39 is 6.03 Å². The molecule has 0 aromatic heterocycles. The topological polar surface area (TPSA) is 82.4 Å². The molecule has 5 N–H and O–H groups in total. The summed E-state index contributed by atoms with van der Waals surface area (Å²) in [5, 5.41) is 2.58. The van der Waals surface area contributed by atoms with Crippen LogP contribution in [0.1, 0.15) is 18.4 Å². The number of carbonyl (C=O) groups excluding carboxylic acids is 1. The Labute approximate surface area is 148 Å². The average molecular weight is 339 g/mol. The number of rotatable bonds is 6. The Kier molecular flexibility index (Phi) is 6.00. The molecule has 6 nitrogen and oxygen atoms in total. The highest BCUT2D eigenvalue weighted by molar-refractivity contribution is 5.86. The smallest absolute Gasteiger partial charge is 0.299 e. The second-order valence-corrected chi connectivity index (χ2v) is 6.22. The maximum Gasteiger partial charge on any atom is 0.343 e. The molecule has 0 radical (unpaired) electrons. The van der Waals surface area contributed by atoms with Gasteiger partial charge in [-0.05, 0) is 47.4 Å². The predicted molar refractivity (Wildman–Crippen MR) is 101 cm³/mol. The minimum atomic E-state index is -0.430. The zero-order valence-electron chi connectivity index (χ0n) is 14.3. The van der Waals surface area contributed by atoms with E-state index in [9.17, 15) is 4.79 Å². The molecule has 0 saturated heterocycles. The quantitative estimate of drug-likeness (QED) is 0.281. The number of fused-ring (bicyclic) bond motifs is 1. The van der Waals surface area contributed by atoms with Crippen LogP contribution in [-0.2, 0) is 0 Å². The molecule has 2 aromatic carbocycles. The first kappa shape index (κ1) is 17.4. The standard InChI is InChI=1S/C19H25N5O/c20-22-19(25)23-21-10-3-11-24-12-8-16(9-13-24)18-7-6-15-4-1-2-5-17(15)14-18/h1-2,4-8,14,21H,3,9-13,20H2,(H2,22,23,25). The van der Waals surface area contributed by atoms with Crippen molar-refractivity contribution in [3.05, 3.63) is 54.1 Å². The van der Waals surface area contributed by atoms with Crippen LogP contribution in [0.5, 0.6) is 0 Å². The lowest BCUT2D eigenvalue weighted by atomic mass is 9.97. The fraction of sp³-hybridized carbons (Fsp3) is 0.316. The first-order valence-electron chi connectivity index (χ1n) is 8.66. The van der Waals surface area contributed by atoms with Crippen molar-refractivity contribution in [2.24, 2.45) is 5.84 Å². The van der Waals surface area contributed by atoms with E-state index in [1.54, 1.807) is 0 Å². The van der Waals surface area contributed by atoms with Crippen LogP contribution in [0.25, 0.3) is 16.3 Å². The van der Waals surface area contributed by atoms with Gasteiger partial charge in [0.2, 0.25) is 0 Å². The van der Waals surface area contributed by atoms with Crippen molar-refractivity contribution in [2.45, 2.75) is 12.8 Å². The maximum absolute atomic E-state index is 10.9. The van der Waals surface area contributed by atoms with Gasteiger partial charge in [0.15, 0.2) is 0 Å². The number of hydrazine groups is 2. The van der Waals surface area contributed by atoms with Crippen LogP contribution in [0, 0.1) is 0 Å². The summed E-state index contributed by atoms with van der Waals surface area (Å²) < 4.78 is 0. The molecular weight excluding hydrogens is 314 g/mol. The summed E-state index contributed by atoms with van der Waals surface area (Å²) in [6, 6.07) is 14.8. The third kappa shape index (κ3) is 4.79. The Balaban J connectivity index is 1.47. The van der Waals surface area contributed by atoms with E-state index in [1.165, 1.54) is 21.9 Å². The van der Waals surface area contributed by atoms with Crippen molar-refractivity contribution in [1.82, 2.24) is 21.2 Å². The van der Waals surface area contributed by atoms with Crippen molar-refractivity contribution in [3.63, 3.8) is 0 Å². The van der Waals surface area contributed by atoms with Gasteiger partial charge in [-0.15, -0.1) is 0 Å². The SMILES string of the molecule is NNC(=O)NNCCCN1CC=C(c2ccc3ccccc3c2)CC1. The highest BCUT2D eigenvalue weighted by Crippen LogP contribution is 2.25. The van der Waals surface area contributed by atoms with Crippen molar-refractivity contribution in [2.75, 3.05) is 26.2 Å². The molecule has 0 fully saturated rings. The molecule has 1 aliphatic heterocycles. The summed E-state index contributed by atoms with van der Waals surface area (Å²) in [5.41, 5.74) is 10.1. The van der Waals surface area contributed by atoms with Crippen LogP contribution in [0.2, 0.25) is 0 Å². The van der Waals surface area contributed by atoms with E-state index >= 15 is 0 Å². The molecule has 0 spiro atoms. The minimum absolute atomic E-state index is 0.430. The zero-order chi connectivity index (χ0) is 17.5. The van der Waals surface area contributed by atoms with Crippen LogP contribution in [0.3, 0.4) is 0 Å². The first-order valence-corrected chi connectivity index (χ1v) is 8.66. The number of urea groups is 1. The highest BCUT2D eigenvalue weighted by atomic mass is 16.2. The van der Waals surface area contributed by atoms with Gasteiger partial charge in [0.25, 0.3) is 0 Å². The molecule has 0 unspecified atom stereocenters. The van der Waals surface area contributed by atoms with Crippen molar-refractivity contribution in [3.8, 4) is 0 Å². The average Bonchev–Trinajstić information content (AvgIpc) is 2.67. The number of hydrogen-bond donors (Lipinski definition) is 4. The Morgan fingerprint density at radius 3 is 2.76 bits per heavy atom. The van der Waals surface area contributed by atoms with Gasteiger partial charge in [0.05, 0.1) is 0 Å². The number of hydrogen-bond acceptors (Lipinski definition) is 4. The summed E-state index contributed by atoms with van der Waals surface area (Å²) in [6.07, 6.45) is 4.37. The van der Waals surface area contributed by atoms with Crippen LogP contribution in [-0.4, -0.2) is 37.1 Å². The largest absolute Gasteiger partial charge is 0.343 e. The second-order valence-electron chi connectivity index (χ2n) is 6.22. The van der Waals surface area contributed by atoms with E-state index in [0.29, 0.717) is 6.54 Å². The number of carbonyl (C=O) groups is 1. The van der Waals surface area contributed by atoms with E-state index in [2.05, 4.69) is 64.3 Å². The second kappa shape index (κ2) is 8.62. The van der Waals surface area contributed by atoms with Gasteiger partial charge in [0.1, 0.15) is 0 Å². The first-order chi connectivity index (χ1) is 12.3. The molecule has 25 heavy (non-hydrogen) atoms. The lowest BCUT2D eigenvalue weighted by Gasteiger charge is -2.26. The number of nitrogens with zero attached hydrogens (tertiary/aromatic N) is 1. The van der Waals surface area contributed by atoms with E-state index in [1.807, 2.05) is 5.43 Å². The van der Waals surface area contributed by atoms with Gasteiger partial charge in [0, 0.05) is 19.6 Å². The van der Waals surface area contributed by atoms with Gasteiger partial charge >= 0.3 is 6.03 Å². The molecule has 1 aliphatic rings. The zero-order valence-corrected chi connectivity index (χ0v) is 14.3. The van der Waals surface area contributed by atoms with Gasteiger partial charge in [-0.2, -0.15) is 0 Å². The van der Waals surface area contributed by atoms with Gasteiger partial charge < -0.3 is 0 Å². The molecule has 0 saturated carbocycles. The van der Waals surface area contributed by atoms with Crippen LogP contribution in [0.4, 0.5) is 4.79 Å². The normalized spacial score (nSPS) is 15.0. The summed E-state index contributed by atoms with van der Waals surface area (Å²) in [4.78, 5) is 13.3. The summed E-state index contributed by atoms with van der Waals surface area (Å²) >= 11 is 0. The Morgan fingerprint density at radius 2 is 2.00 bits per heavy atom. The van der Waals surface area contributed by atoms with Crippen molar-refractivity contribution < 1.29 is 4.79 Å². The van der Waals surface area contributed by atoms with Crippen LogP contribution >= 0.6 is 0 Å². The number of amides is 2. The summed E-state index contributed by atoms with van der Waals surface area (Å²) in [7, 11) is 0. The van der Waals surface area contributed by atoms with Gasteiger partial charge in [-0.25, -0.2) is 16.1 Å². The molecule has 2 aromatic rings. The van der Waals surface area contributed by atoms with Gasteiger partial charge in [-0.1, -0.05) is 42.5 Å². The number of nitrogens with two attached hydrogens (primary N) is 1. The maximum atomic E-state index is 10.9. The van der Waals surface area contributed by atoms with E-state index in [4.69, 9.17) is 5.84 Å². The van der Waals surface area contributed by atoms with Crippen LogP contribution < -0.4 is 22.1 Å². The third-order valence-corrected chi connectivity index (χ3v) is 4.52. The van der Waals surface area contributed by atoms with Gasteiger partial charge in [-0.3, -0.25) is 15.8 Å². The van der Waals surface area contributed by atoms with Crippen LogP contribution in [0.15, 0.2) is 48.5 Å². The van der Waals surface area contributed by atoms with Crippen molar-refractivity contribution in [1.29, 1.82) is 0 Å². The predicted octanol–water partition coefficient (Wildman–Crippen LogP) is 2.00. The Bertz CT molecular complexity index is 758. The molecule has 0 aliphatic carbocycles. The Morgan fingerprint density at radius 1 is 1.16 bits per heavy atom. The highest BCUT2D eigenvalue weighted by Gasteiger charge is 2.12. The molecule has 132 valence electrons. The molecular formula is C19H25N5O. The third-order valence-electron chi connectivity index (χ3n) is 4.52. The number of benzene rings is 2. The van der Waals surface area contributed by atoms with E-state index in [0.717, 1.165) is 32.5 Å². The lowest BCUT2D eigenvalue weighted by molar-refractivity contribution is 0.235. The summed E-state index contributed by atoms with van der Waals surface area (Å²) in [5.74, 6) is 4.98. The fourth-order valence-electron chi connectivity index (χ4n) is 3.14. The lowest BCUT2D eigenvalue weighted by Crippen LogP contribution is -2.47. The Hall–Kier alpha value is -2.41. The minimum Gasteiger partial charge on any atom is -0.299 e. The molecule has 6 heteroatoms. The molecule has 3 rings (SSSR count). The van der Waals surface area contributed by atoms with E-state index in [-0.39, 0.29) is 0 Å². The molecule has 1 heterocycles. The summed E-state index contributed by atoms with van der Waals surface area (Å²) in [6.45, 7) is 3.75. The molecule has 2 amide bonds. The number of nitrogens with one attached hydrogen (secondary N) is 3.